The molecule has 1 atom stereocenters. The van der Waals surface area contributed by atoms with Gasteiger partial charge >= 0.3 is 0 Å². The molecule has 0 fully saturated rings. The van der Waals surface area contributed by atoms with Crippen molar-refractivity contribution in [3.63, 3.8) is 0 Å². The number of carbonyl (C=O) groups excluding carboxylic acids is 2. The number of para-hydroxylation sites is 1. The first-order valence-corrected chi connectivity index (χ1v) is 7.88. The number of amides is 2. The van der Waals surface area contributed by atoms with E-state index in [1.165, 1.54) is 5.56 Å². The lowest BCUT2D eigenvalue weighted by molar-refractivity contribution is -0.126. The summed E-state index contributed by atoms with van der Waals surface area (Å²) in [5.41, 5.74) is 3.08. The van der Waals surface area contributed by atoms with Gasteiger partial charge in [0.15, 0.2) is 0 Å². The maximum absolute atomic E-state index is 12.6. The second-order valence-electron chi connectivity index (χ2n) is 5.82. The standard InChI is InChI=1S/C19H20N2O2/c1-14(20-18(22)13-15-7-3-2-4-8-15)19(23)21-12-11-16-9-5-6-10-17(16)21/h2-10,14H,11-13H2,1H3,(H,20,22)/t14-/m1/s1. The van der Waals surface area contributed by atoms with E-state index in [1.54, 1.807) is 11.8 Å². The number of benzene rings is 2. The molecule has 0 unspecified atom stereocenters. The Balaban J connectivity index is 1.61. The topological polar surface area (TPSA) is 49.4 Å². The van der Waals surface area contributed by atoms with Gasteiger partial charge in [-0.05, 0) is 30.5 Å². The normalized spacial score (nSPS) is 14.2. The molecule has 0 saturated heterocycles. The zero-order chi connectivity index (χ0) is 16.2. The summed E-state index contributed by atoms with van der Waals surface area (Å²) in [6, 6.07) is 16.9. The van der Waals surface area contributed by atoms with Crippen LogP contribution in [0.25, 0.3) is 0 Å². The highest BCUT2D eigenvalue weighted by molar-refractivity contribution is 6.00. The molecule has 1 aliphatic rings. The average molecular weight is 308 g/mol. The van der Waals surface area contributed by atoms with Crippen molar-refractivity contribution < 1.29 is 9.59 Å². The van der Waals surface area contributed by atoms with Crippen molar-refractivity contribution in [2.45, 2.75) is 25.8 Å². The summed E-state index contributed by atoms with van der Waals surface area (Å²) in [5.74, 6) is -0.194. The molecule has 0 aliphatic carbocycles. The minimum absolute atomic E-state index is 0.0589. The van der Waals surface area contributed by atoms with Crippen molar-refractivity contribution in [2.75, 3.05) is 11.4 Å². The average Bonchev–Trinajstić information content (AvgIpc) is 2.99. The highest BCUT2D eigenvalue weighted by Crippen LogP contribution is 2.27. The molecule has 2 aromatic carbocycles. The van der Waals surface area contributed by atoms with E-state index >= 15 is 0 Å². The predicted molar refractivity (Wildman–Crippen MR) is 90.2 cm³/mol. The fourth-order valence-electron chi connectivity index (χ4n) is 2.94. The second-order valence-corrected chi connectivity index (χ2v) is 5.82. The molecule has 2 amide bonds. The van der Waals surface area contributed by atoms with Crippen molar-refractivity contribution in [3.8, 4) is 0 Å². The fourth-order valence-corrected chi connectivity index (χ4v) is 2.94. The Hall–Kier alpha value is -2.62. The molecule has 1 aliphatic heterocycles. The number of hydrogen-bond donors (Lipinski definition) is 1. The molecule has 3 rings (SSSR count). The maximum Gasteiger partial charge on any atom is 0.249 e. The van der Waals surface area contributed by atoms with Crippen molar-refractivity contribution in [3.05, 3.63) is 65.7 Å². The van der Waals surface area contributed by atoms with Crippen LogP contribution in [0.3, 0.4) is 0 Å². The summed E-state index contributed by atoms with van der Waals surface area (Å²) < 4.78 is 0. The van der Waals surface area contributed by atoms with Gasteiger partial charge in [-0.2, -0.15) is 0 Å². The van der Waals surface area contributed by atoms with E-state index < -0.39 is 6.04 Å². The van der Waals surface area contributed by atoms with Crippen LogP contribution in [0.4, 0.5) is 5.69 Å². The van der Waals surface area contributed by atoms with E-state index in [0.29, 0.717) is 6.54 Å². The summed E-state index contributed by atoms with van der Waals surface area (Å²) in [4.78, 5) is 26.5. The third-order valence-electron chi connectivity index (χ3n) is 4.11. The first-order valence-electron chi connectivity index (χ1n) is 7.88. The second kappa shape index (κ2) is 6.65. The Morgan fingerprint density at radius 2 is 1.78 bits per heavy atom. The summed E-state index contributed by atoms with van der Waals surface area (Å²) in [6.07, 6.45) is 1.15. The number of nitrogens with zero attached hydrogens (tertiary/aromatic N) is 1. The van der Waals surface area contributed by atoms with Gasteiger partial charge in [0.25, 0.3) is 0 Å². The zero-order valence-electron chi connectivity index (χ0n) is 13.2. The van der Waals surface area contributed by atoms with Crippen molar-refractivity contribution in [2.24, 2.45) is 0 Å². The number of hydrogen-bond acceptors (Lipinski definition) is 2. The number of nitrogens with one attached hydrogen (secondary N) is 1. The van der Waals surface area contributed by atoms with E-state index in [1.807, 2.05) is 54.6 Å². The van der Waals surface area contributed by atoms with Gasteiger partial charge in [0.05, 0.1) is 6.42 Å². The molecule has 0 bridgehead atoms. The summed E-state index contributed by atoms with van der Waals surface area (Å²) in [5, 5.41) is 2.81. The Bertz CT molecular complexity index is 712. The molecule has 118 valence electrons. The monoisotopic (exact) mass is 308 g/mol. The molecular weight excluding hydrogens is 288 g/mol. The lowest BCUT2D eigenvalue weighted by Crippen LogP contribution is -2.47. The number of anilines is 1. The SMILES string of the molecule is C[C@@H](NC(=O)Cc1ccccc1)C(=O)N1CCc2ccccc21. The molecule has 4 heteroatoms. The molecule has 4 nitrogen and oxygen atoms in total. The Morgan fingerprint density at radius 3 is 2.57 bits per heavy atom. The van der Waals surface area contributed by atoms with Gasteiger partial charge in [-0.25, -0.2) is 0 Å². The van der Waals surface area contributed by atoms with Gasteiger partial charge in [-0.1, -0.05) is 48.5 Å². The highest BCUT2D eigenvalue weighted by Gasteiger charge is 2.28. The number of rotatable bonds is 4. The maximum atomic E-state index is 12.6. The molecule has 0 spiro atoms. The van der Waals surface area contributed by atoms with Crippen LogP contribution in [0.15, 0.2) is 54.6 Å². The predicted octanol–water partition coefficient (Wildman–Crippen LogP) is 2.32. The third kappa shape index (κ3) is 3.42. The largest absolute Gasteiger partial charge is 0.344 e. The molecule has 0 radical (unpaired) electrons. The smallest absolute Gasteiger partial charge is 0.249 e. The Morgan fingerprint density at radius 1 is 1.09 bits per heavy atom. The van der Waals surface area contributed by atoms with Crippen LogP contribution in [0, 0.1) is 0 Å². The third-order valence-corrected chi connectivity index (χ3v) is 4.11. The zero-order valence-corrected chi connectivity index (χ0v) is 13.2. The quantitative estimate of drug-likeness (QED) is 0.942. The molecule has 0 saturated carbocycles. The van der Waals surface area contributed by atoms with Crippen LogP contribution in [0.2, 0.25) is 0 Å². The molecule has 1 heterocycles. The first kappa shape index (κ1) is 15.3. The lowest BCUT2D eigenvalue weighted by atomic mass is 10.1. The van der Waals surface area contributed by atoms with Crippen molar-refractivity contribution in [1.29, 1.82) is 0 Å². The van der Waals surface area contributed by atoms with Crippen LogP contribution >= 0.6 is 0 Å². The van der Waals surface area contributed by atoms with Crippen LogP contribution < -0.4 is 10.2 Å². The molecular formula is C19H20N2O2. The summed E-state index contributed by atoms with van der Waals surface area (Å²) >= 11 is 0. The summed E-state index contributed by atoms with van der Waals surface area (Å²) in [6.45, 7) is 2.42. The fraction of sp³-hybridized carbons (Fsp3) is 0.263. The van der Waals surface area contributed by atoms with Gasteiger partial charge in [0.1, 0.15) is 6.04 Å². The van der Waals surface area contributed by atoms with Gasteiger partial charge in [0.2, 0.25) is 11.8 Å². The Labute approximate surface area is 136 Å². The van der Waals surface area contributed by atoms with E-state index in [-0.39, 0.29) is 18.2 Å². The Kier molecular flexibility index (Phi) is 4.42. The lowest BCUT2D eigenvalue weighted by Gasteiger charge is -2.22. The van der Waals surface area contributed by atoms with E-state index in [4.69, 9.17) is 0 Å². The number of carbonyl (C=O) groups is 2. The number of fused-ring (bicyclic) bond motifs is 1. The minimum atomic E-state index is -0.530. The molecule has 2 aromatic rings. The van der Waals surface area contributed by atoms with Crippen LogP contribution in [0.5, 0.6) is 0 Å². The van der Waals surface area contributed by atoms with Crippen LogP contribution in [-0.4, -0.2) is 24.4 Å². The first-order chi connectivity index (χ1) is 11.1. The van der Waals surface area contributed by atoms with E-state index in [0.717, 1.165) is 17.7 Å². The van der Waals surface area contributed by atoms with Gasteiger partial charge in [-0.15, -0.1) is 0 Å². The van der Waals surface area contributed by atoms with Gasteiger partial charge in [-0.3, -0.25) is 9.59 Å². The van der Waals surface area contributed by atoms with Crippen LogP contribution in [0.1, 0.15) is 18.1 Å². The van der Waals surface area contributed by atoms with Crippen molar-refractivity contribution >= 4 is 17.5 Å². The van der Waals surface area contributed by atoms with Crippen molar-refractivity contribution in [1.82, 2.24) is 5.32 Å². The van der Waals surface area contributed by atoms with Gasteiger partial charge in [0, 0.05) is 12.2 Å². The molecule has 23 heavy (non-hydrogen) atoms. The highest BCUT2D eigenvalue weighted by atomic mass is 16.2. The summed E-state index contributed by atoms with van der Waals surface area (Å²) in [7, 11) is 0. The van der Waals surface area contributed by atoms with Gasteiger partial charge < -0.3 is 10.2 Å². The van der Waals surface area contributed by atoms with E-state index in [9.17, 15) is 9.59 Å². The van der Waals surface area contributed by atoms with Crippen LogP contribution in [-0.2, 0) is 22.4 Å². The molecule has 1 N–H and O–H groups in total. The molecule has 0 aromatic heterocycles. The minimum Gasteiger partial charge on any atom is -0.344 e. The van der Waals surface area contributed by atoms with E-state index in [2.05, 4.69) is 5.32 Å².